The van der Waals surface area contributed by atoms with Crippen LogP contribution in [0.5, 0.6) is 5.75 Å². The molecule has 4 N–H and O–H groups in total. The number of nitrogens with zero attached hydrogens (tertiary/aromatic N) is 2. The van der Waals surface area contributed by atoms with Crippen LogP contribution in [-0.4, -0.2) is 86.6 Å². The molecule has 0 aromatic heterocycles. The van der Waals surface area contributed by atoms with Crippen molar-refractivity contribution in [3.8, 4) is 5.75 Å². The van der Waals surface area contributed by atoms with Crippen LogP contribution in [-0.2, 0) is 32.1 Å². The standard InChI is InChI=1S/C30H27N3O9/c1-32(2)21-17-10-14-9-12-7-8-13(11-33-28(40)15-5-3-4-6-16(15)29(33)41)22(34)18(12)23(35)19(14)25(37)30(17,42)26(38)20(24(21)36)27(31)39/h3-8,14,17,19-21,34,42H,9-11H2,1-2H3,(H2,31,39)/t14-,17-,19?,20?,21-,30-/m1/s1. The summed E-state index contributed by atoms with van der Waals surface area (Å²) >= 11 is 0. The molecule has 216 valence electrons. The zero-order valence-corrected chi connectivity index (χ0v) is 22.7. The molecule has 2 aromatic rings. The van der Waals surface area contributed by atoms with E-state index in [9.17, 15) is 43.8 Å². The maximum Gasteiger partial charge on any atom is 0.261 e. The van der Waals surface area contributed by atoms with E-state index in [0.29, 0.717) is 5.56 Å². The van der Waals surface area contributed by atoms with Crippen LogP contribution in [0.2, 0.25) is 0 Å². The van der Waals surface area contributed by atoms with Crippen molar-refractivity contribution in [2.75, 3.05) is 14.1 Å². The minimum atomic E-state index is -2.82. The van der Waals surface area contributed by atoms with Crippen molar-refractivity contribution in [2.45, 2.75) is 31.0 Å². The van der Waals surface area contributed by atoms with Gasteiger partial charge in [-0.2, -0.15) is 0 Å². The highest BCUT2D eigenvalue weighted by Gasteiger charge is 2.69. The molecule has 12 heteroatoms. The zero-order chi connectivity index (χ0) is 30.4. The Morgan fingerprint density at radius 3 is 2.19 bits per heavy atom. The third-order valence-corrected chi connectivity index (χ3v) is 9.22. The quantitative estimate of drug-likeness (QED) is 0.322. The van der Waals surface area contributed by atoms with Crippen molar-refractivity contribution < 1.29 is 43.8 Å². The Morgan fingerprint density at radius 1 is 1.00 bits per heavy atom. The molecule has 0 spiro atoms. The van der Waals surface area contributed by atoms with Gasteiger partial charge in [0.2, 0.25) is 5.91 Å². The monoisotopic (exact) mass is 573 g/mol. The second kappa shape index (κ2) is 9.23. The van der Waals surface area contributed by atoms with E-state index in [1.165, 1.54) is 37.2 Å². The van der Waals surface area contributed by atoms with Crippen LogP contribution in [0.4, 0.5) is 0 Å². The zero-order valence-electron chi connectivity index (χ0n) is 22.7. The number of aromatic hydroxyl groups is 1. The predicted octanol–water partition coefficient (Wildman–Crippen LogP) is -0.337. The molecule has 0 radical (unpaired) electrons. The van der Waals surface area contributed by atoms with Crippen molar-refractivity contribution in [2.24, 2.45) is 29.4 Å². The molecule has 6 rings (SSSR count). The fraction of sp³-hybridized carbons (Fsp3) is 0.367. The number of rotatable bonds is 4. The van der Waals surface area contributed by atoms with Gasteiger partial charge in [-0.25, -0.2) is 0 Å². The Morgan fingerprint density at radius 2 is 1.62 bits per heavy atom. The van der Waals surface area contributed by atoms with Crippen molar-refractivity contribution in [1.29, 1.82) is 0 Å². The number of hydrogen-bond donors (Lipinski definition) is 3. The van der Waals surface area contributed by atoms with Crippen molar-refractivity contribution in [3.63, 3.8) is 0 Å². The maximum atomic E-state index is 13.9. The van der Waals surface area contributed by atoms with E-state index in [2.05, 4.69) is 0 Å². The van der Waals surface area contributed by atoms with Crippen LogP contribution >= 0.6 is 0 Å². The highest BCUT2D eigenvalue weighted by molar-refractivity contribution is 6.32. The van der Waals surface area contributed by atoms with E-state index in [0.717, 1.165) is 4.90 Å². The summed E-state index contributed by atoms with van der Waals surface area (Å²) < 4.78 is 0. The van der Waals surface area contributed by atoms with E-state index in [1.807, 2.05) is 0 Å². The molecule has 12 nitrogen and oxygen atoms in total. The number of primary amides is 1. The Balaban J connectivity index is 1.37. The first-order valence-corrected chi connectivity index (χ1v) is 13.4. The lowest BCUT2D eigenvalue weighted by atomic mass is 9.52. The van der Waals surface area contributed by atoms with Gasteiger partial charge < -0.3 is 15.9 Å². The van der Waals surface area contributed by atoms with Crippen LogP contribution in [0.15, 0.2) is 36.4 Å². The lowest BCUT2D eigenvalue weighted by Crippen LogP contribution is -2.74. The topological polar surface area (TPSA) is 192 Å². The summed E-state index contributed by atoms with van der Waals surface area (Å²) in [6, 6.07) is 8.17. The van der Waals surface area contributed by atoms with Gasteiger partial charge in [0, 0.05) is 11.5 Å². The number of aliphatic hydroxyl groups is 1. The number of phenolic OH excluding ortho intramolecular Hbond substituents is 1. The molecule has 2 fully saturated rings. The average Bonchev–Trinajstić information content (AvgIpc) is 3.16. The number of carbonyl (C=O) groups is 7. The van der Waals surface area contributed by atoms with Crippen molar-refractivity contribution >= 4 is 40.9 Å². The minimum absolute atomic E-state index is 0.0541. The van der Waals surface area contributed by atoms with Crippen molar-refractivity contribution in [1.82, 2.24) is 9.80 Å². The maximum absolute atomic E-state index is 13.9. The number of phenols is 1. The first-order chi connectivity index (χ1) is 19.8. The molecule has 2 saturated carbocycles. The van der Waals surface area contributed by atoms with Crippen LogP contribution in [0.25, 0.3) is 0 Å². The lowest BCUT2D eigenvalue weighted by Gasteiger charge is -2.52. The molecule has 2 unspecified atom stereocenters. The third kappa shape index (κ3) is 3.51. The molecule has 1 aliphatic heterocycles. The number of imide groups is 1. The summed E-state index contributed by atoms with van der Waals surface area (Å²) in [5.74, 6) is -12.5. The van der Waals surface area contributed by atoms with Gasteiger partial charge in [-0.05, 0) is 50.6 Å². The Hall–Kier alpha value is -4.55. The molecular formula is C30H27N3O9. The normalized spacial score (nSPS) is 30.3. The molecule has 1 heterocycles. The number of nitrogens with two attached hydrogens (primary N) is 1. The van der Waals surface area contributed by atoms with E-state index in [-0.39, 0.29) is 41.6 Å². The molecule has 3 amide bonds. The molecular weight excluding hydrogens is 546 g/mol. The Labute approximate surface area is 239 Å². The predicted molar refractivity (Wildman–Crippen MR) is 142 cm³/mol. The number of hydrogen-bond acceptors (Lipinski definition) is 10. The SMILES string of the molecule is CN(C)[C@H]1C(=O)C(C(N)=O)C(=O)[C@]2(O)C(=O)C3C(=O)c4c(ccc(CN5C(=O)c6ccccc6C5=O)c4O)C[C@@H]3C[C@H]12. The summed E-state index contributed by atoms with van der Waals surface area (Å²) in [6.45, 7) is -0.335. The van der Waals surface area contributed by atoms with Gasteiger partial charge in [-0.15, -0.1) is 0 Å². The summed E-state index contributed by atoms with van der Waals surface area (Å²) in [6.07, 6.45) is 0.0636. The molecule has 2 aromatic carbocycles. The van der Waals surface area contributed by atoms with E-state index >= 15 is 0 Å². The Kier molecular flexibility index (Phi) is 6.07. The van der Waals surface area contributed by atoms with Gasteiger partial charge in [0.05, 0.1) is 35.2 Å². The molecule has 6 atom stereocenters. The van der Waals surface area contributed by atoms with Gasteiger partial charge in [0.1, 0.15) is 5.75 Å². The summed E-state index contributed by atoms with van der Waals surface area (Å²) in [5, 5.41) is 22.9. The summed E-state index contributed by atoms with van der Waals surface area (Å²) in [5.41, 5.74) is 3.26. The number of benzene rings is 2. The van der Waals surface area contributed by atoms with E-state index in [1.54, 1.807) is 18.2 Å². The fourth-order valence-electron chi connectivity index (χ4n) is 7.30. The highest BCUT2D eigenvalue weighted by Crippen LogP contribution is 2.51. The second-order valence-electron chi connectivity index (χ2n) is 11.6. The number of Topliss-reactive ketones (excluding diaryl/α,β-unsaturated/α-hetero) is 4. The largest absolute Gasteiger partial charge is 0.507 e. The molecule has 0 saturated heterocycles. The van der Waals surface area contributed by atoms with Crippen LogP contribution in [0, 0.1) is 23.7 Å². The van der Waals surface area contributed by atoms with Gasteiger partial charge in [0.15, 0.2) is 34.7 Å². The molecule has 3 aliphatic carbocycles. The number of carbonyl (C=O) groups excluding carboxylic acids is 7. The van der Waals surface area contributed by atoms with Gasteiger partial charge in [-0.3, -0.25) is 43.4 Å². The summed E-state index contributed by atoms with van der Waals surface area (Å²) in [4.78, 5) is 94.5. The Bertz CT molecular complexity index is 1630. The van der Waals surface area contributed by atoms with E-state index in [4.69, 9.17) is 5.73 Å². The molecule has 4 aliphatic rings. The van der Waals surface area contributed by atoms with Gasteiger partial charge >= 0.3 is 0 Å². The number of ketones is 4. The number of fused-ring (bicyclic) bond motifs is 4. The second-order valence-corrected chi connectivity index (χ2v) is 11.6. The summed E-state index contributed by atoms with van der Waals surface area (Å²) in [7, 11) is 3.03. The first kappa shape index (κ1) is 27.6. The minimum Gasteiger partial charge on any atom is -0.507 e. The average molecular weight is 574 g/mol. The van der Waals surface area contributed by atoms with Gasteiger partial charge in [-0.1, -0.05) is 24.3 Å². The van der Waals surface area contributed by atoms with Crippen LogP contribution < -0.4 is 5.73 Å². The van der Waals surface area contributed by atoms with E-state index < -0.39 is 81.9 Å². The highest BCUT2D eigenvalue weighted by atomic mass is 16.3. The fourth-order valence-corrected chi connectivity index (χ4v) is 7.30. The van der Waals surface area contributed by atoms with Gasteiger partial charge in [0.25, 0.3) is 11.8 Å². The molecule has 42 heavy (non-hydrogen) atoms. The lowest BCUT2D eigenvalue weighted by molar-refractivity contribution is -0.181. The molecule has 0 bridgehead atoms. The number of likely N-dealkylation sites (N-methyl/N-ethyl adjacent to an activating group) is 1. The van der Waals surface area contributed by atoms with Crippen LogP contribution in [0.1, 0.15) is 48.6 Å². The smallest absolute Gasteiger partial charge is 0.261 e. The third-order valence-electron chi connectivity index (χ3n) is 9.22. The first-order valence-electron chi connectivity index (χ1n) is 13.4. The van der Waals surface area contributed by atoms with Crippen LogP contribution in [0.3, 0.4) is 0 Å². The number of amides is 3. The van der Waals surface area contributed by atoms with Crippen molar-refractivity contribution in [3.05, 3.63) is 64.2 Å².